The SMILES string of the molecule is CO[C@H]1/C=C/O[C@@]2(C)Oc3c4c(O)c5c(O)c(c(/C=N/N6CCN(C7CCCC7)CC6)c(O)c5c3C2=O)NC(=O)/C(C)=C\C=C\[C@H](C)[C@H](O)[C@@H](C)[C@@H](O)[C@@H](C)[C@H](OC(C)=O)[C@@]41C. The fourth-order valence-corrected chi connectivity index (χ4v) is 10.2. The number of rotatable bonds is 5. The number of nitrogens with zero attached hydrogens (tertiary/aromatic N) is 3. The lowest BCUT2D eigenvalue weighted by molar-refractivity contribution is -0.164. The number of fused-ring (bicyclic) bond motifs is 3. The number of hydrazone groups is 1. The van der Waals surface area contributed by atoms with E-state index >= 15 is 0 Å². The van der Waals surface area contributed by atoms with Gasteiger partial charge in [-0.15, -0.1) is 0 Å². The summed E-state index contributed by atoms with van der Waals surface area (Å²) in [6.07, 6.45) is 8.49. The predicted molar refractivity (Wildman–Crippen MR) is 230 cm³/mol. The number of aliphatic hydroxyl groups excluding tert-OH is 2. The number of benzene rings is 2. The van der Waals surface area contributed by atoms with Crippen molar-refractivity contribution in [2.45, 2.75) is 116 Å². The molecule has 5 aliphatic rings. The van der Waals surface area contributed by atoms with Gasteiger partial charge in [0.25, 0.3) is 11.7 Å². The smallest absolute Gasteiger partial charge is 0.312 e. The van der Waals surface area contributed by atoms with Gasteiger partial charge in [0.1, 0.15) is 23.4 Å². The van der Waals surface area contributed by atoms with Gasteiger partial charge in [-0.3, -0.25) is 24.3 Å². The molecule has 0 aromatic heterocycles. The van der Waals surface area contributed by atoms with Gasteiger partial charge in [0.05, 0.1) is 64.0 Å². The summed E-state index contributed by atoms with van der Waals surface area (Å²) in [5.41, 5.74) is -2.54. The molecule has 62 heavy (non-hydrogen) atoms. The maximum atomic E-state index is 14.8. The molecule has 1 amide bonds. The minimum absolute atomic E-state index is 0.152. The van der Waals surface area contributed by atoms with Gasteiger partial charge < -0.3 is 49.8 Å². The highest BCUT2D eigenvalue weighted by molar-refractivity contribution is 6.24. The summed E-state index contributed by atoms with van der Waals surface area (Å²) in [5.74, 6) is -8.95. The zero-order valence-corrected chi connectivity index (χ0v) is 36.7. The second kappa shape index (κ2) is 17.2. The highest BCUT2D eigenvalue weighted by Crippen LogP contribution is 2.60. The molecule has 9 atom stereocenters. The van der Waals surface area contributed by atoms with Gasteiger partial charge in [0.15, 0.2) is 5.75 Å². The van der Waals surface area contributed by atoms with Crippen LogP contribution >= 0.6 is 0 Å². The van der Waals surface area contributed by atoms with E-state index in [0.29, 0.717) is 19.1 Å². The summed E-state index contributed by atoms with van der Waals surface area (Å²) >= 11 is 0. The molecule has 2 aromatic rings. The lowest BCUT2D eigenvalue weighted by atomic mass is 9.65. The fourth-order valence-electron chi connectivity index (χ4n) is 10.2. The average molecular weight is 861 g/mol. The number of aliphatic hydroxyl groups is 2. The number of ketones is 1. The summed E-state index contributed by atoms with van der Waals surface area (Å²) < 4.78 is 24.5. The van der Waals surface area contributed by atoms with Crippen LogP contribution in [0.25, 0.3) is 10.8 Å². The summed E-state index contributed by atoms with van der Waals surface area (Å²) in [6.45, 7) is 13.4. The van der Waals surface area contributed by atoms with Gasteiger partial charge in [-0.2, -0.15) is 5.10 Å². The molecule has 16 nitrogen and oxygen atoms in total. The molecule has 336 valence electrons. The first-order chi connectivity index (χ1) is 29.3. The first-order valence-corrected chi connectivity index (χ1v) is 21.5. The Morgan fingerprint density at radius 2 is 1.63 bits per heavy atom. The van der Waals surface area contributed by atoms with Gasteiger partial charge in [-0.1, -0.05) is 51.8 Å². The van der Waals surface area contributed by atoms with Crippen molar-refractivity contribution >= 4 is 40.3 Å². The number of ether oxygens (including phenoxy) is 4. The van der Waals surface area contributed by atoms with Crippen LogP contribution in [-0.2, 0) is 29.2 Å². The number of esters is 1. The van der Waals surface area contributed by atoms with Gasteiger partial charge in [-0.05, 0) is 32.8 Å². The molecule has 1 saturated carbocycles. The van der Waals surface area contributed by atoms with Crippen molar-refractivity contribution in [2.75, 3.05) is 38.6 Å². The van der Waals surface area contributed by atoms with Gasteiger partial charge >= 0.3 is 11.8 Å². The van der Waals surface area contributed by atoms with Crippen LogP contribution in [0.15, 0.2) is 41.2 Å². The lowest BCUT2D eigenvalue weighted by Gasteiger charge is -2.46. The van der Waals surface area contributed by atoms with Crippen molar-refractivity contribution in [2.24, 2.45) is 22.9 Å². The van der Waals surface area contributed by atoms with Crippen molar-refractivity contribution in [3.63, 3.8) is 0 Å². The fraction of sp³-hybridized carbons (Fsp3) is 0.565. The van der Waals surface area contributed by atoms with Gasteiger partial charge in [0, 0.05) is 81.9 Å². The van der Waals surface area contributed by atoms with E-state index in [1.807, 2.05) is 5.01 Å². The van der Waals surface area contributed by atoms with Crippen LogP contribution in [0, 0.1) is 17.8 Å². The van der Waals surface area contributed by atoms with E-state index < -0.39 is 93.7 Å². The molecule has 0 radical (unpaired) electrons. The number of hydrogen-bond donors (Lipinski definition) is 6. The highest BCUT2D eigenvalue weighted by atomic mass is 16.7. The maximum absolute atomic E-state index is 14.8. The molecule has 1 aliphatic carbocycles. The number of phenols is 3. The Balaban J connectivity index is 1.53. The number of piperazine rings is 1. The number of aromatic hydroxyl groups is 3. The molecule has 5 bridgehead atoms. The van der Waals surface area contributed by atoms with Crippen LogP contribution in [-0.4, -0.2) is 129 Å². The third kappa shape index (κ3) is 7.58. The molecule has 1 saturated heterocycles. The number of Topliss-reactive ketones (excluding diaryl/α,β-unsaturated/α-hetero) is 1. The molecule has 0 unspecified atom stereocenters. The monoisotopic (exact) mass is 860 g/mol. The van der Waals surface area contributed by atoms with E-state index in [1.165, 1.54) is 71.3 Å². The van der Waals surface area contributed by atoms with E-state index in [-0.39, 0.29) is 39.1 Å². The van der Waals surface area contributed by atoms with Crippen LogP contribution in [0.1, 0.15) is 95.6 Å². The molecule has 16 heteroatoms. The van der Waals surface area contributed by atoms with Crippen molar-refractivity contribution in [1.29, 1.82) is 0 Å². The Bertz CT molecular complexity index is 2240. The summed E-state index contributed by atoms with van der Waals surface area (Å²) in [4.78, 5) is 44.3. The molecule has 2 aromatic carbocycles. The second-order valence-corrected chi connectivity index (χ2v) is 17.9. The maximum Gasteiger partial charge on any atom is 0.312 e. The number of amides is 1. The van der Waals surface area contributed by atoms with Crippen molar-refractivity contribution in [3.05, 3.63) is 52.8 Å². The topological polar surface area (TPSA) is 220 Å². The third-order valence-electron chi connectivity index (χ3n) is 13.9. The number of carbonyl (C=O) groups is 3. The summed E-state index contributed by atoms with van der Waals surface area (Å²) in [5, 5.41) is 69.9. The first kappa shape index (κ1) is 44.9. The Morgan fingerprint density at radius 3 is 2.27 bits per heavy atom. The van der Waals surface area contributed by atoms with Crippen molar-refractivity contribution in [1.82, 2.24) is 9.91 Å². The Kier molecular flexibility index (Phi) is 12.4. The Labute approximate surface area is 361 Å². The minimum atomic E-state index is -2.07. The largest absolute Gasteiger partial charge is 0.507 e. The number of carbonyl (C=O) groups excluding carboxylic acids is 3. The molecule has 2 fully saturated rings. The van der Waals surface area contributed by atoms with E-state index in [0.717, 1.165) is 13.1 Å². The summed E-state index contributed by atoms with van der Waals surface area (Å²) in [6, 6.07) is 0.541. The quantitative estimate of drug-likeness (QED) is 0.101. The molecule has 4 heterocycles. The van der Waals surface area contributed by atoms with Gasteiger partial charge in [-0.25, -0.2) is 0 Å². The molecule has 0 spiro atoms. The minimum Gasteiger partial charge on any atom is -0.507 e. The van der Waals surface area contributed by atoms with Crippen LogP contribution in [0.4, 0.5) is 5.69 Å². The normalized spacial score (nSPS) is 34.2. The number of hydrogen-bond acceptors (Lipinski definition) is 15. The van der Waals surface area contributed by atoms with Crippen LogP contribution in [0.3, 0.4) is 0 Å². The number of anilines is 1. The standard InChI is InChI=1S/C46H60N4O12/c1-23-12-11-13-24(2)44(58)48-35-29(22-47-50-19-17-49(18-20-50)28-14-9-10-15-28)38(54)31-32(40(35)56)39(55)34-41-33(31)42(57)46(7,62-41)60-21-16-30(59-8)45(34,6)43(61-27(5)51)26(4)37(53)25(3)36(23)52/h11-13,16,21-23,25-26,28,30,36-37,43,52-56H,9-10,14-15,17-20H2,1-8H3,(H,48,58)/b12-11+,21-16+,24-13-,47-22+/t23-,25+,26+,30-,36-,37+,43-,45+,46-/m0/s1. The van der Waals surface area contributed by atoms with Crippen LogP contribution in [0.2, 0.25) is 0 Å². The molecule has 4 aliphatic heterocycles. The predicted octanol–water partition coefficient (Wildman–Crippen LogP) is 4.98. The Hall–Kier alpha value is -5.16. The average Bonchev–Trinajstić information content (AvgIpc) is 3.88. The number of nitrogens with one attached hydrogen (secondary N) is 1. The second-order valence-electron chi connectivity index (χ2n) is 17.9. The zero-order valence-electron chi connectivity index (χ0n) is 36.7. The van der Waals surface area contributed by atoms with Crippen molar-refractivity contribution < 1.29 is 58.9 Å². The van der Waals surface area contributed by atoms with Crippen molar-refractivity contribution in [3.8, 4) is 23.0 Å². The molecular formula is C46H60N4O12. The molecule has 7 rings (SSSR count). The van der Waals surface area contributed by atoms with Gasteiger partial charge in [0.2, 0.25) is 0 Å². The number of methoxy groups -OCH3 is 1. The number of allylic oxidation sites excluding steroid dienone is 2. The van der Waals surface area contributed by atoms with Crippen LogP contribution in [0.5, 0.6) is 23.0 Å². The first-order valence-electron chi connectivity index (χ1n) is 21.5. The zero-order chi connectivity index (χ0) is 45.0. The van der Waals surface area contributed by atoms with Crippen LogP contribution < -0.4 is 10.1 Å². The summed E-state index contributed by atoms with van der Waals surface area (Å²) in [7, 11) is 1.37. The number of phenolic OH excluding ortho intramolecular Hbond substituents is 3. The third-order valence-corrected chi connectivity index (χ3v) is 13.9. The Morgan fingerprint density at radius 1 is 0.952 bits per heavy atom. The van der Waals surface area contributed by atoms with E-state index in [1.54, 1.807) is 46.8 Å². The highest BCUT2D eigenvalue weighted by Gasteiger charge is 2.58. The van der Waals surface area contributed by atoms with E-state index in [2.05, 4.69) is 10.2 Å². The molecule has 6 N–H and O–H groups in total. The lowest BCUT2D eigenvalue weighted by Crippen LogP contribution is -2.55. The van der Waals surface area contributed by atoms with E-state index in [9.17, 15) is 39.9 Å². The van der Waals surface area contributed by atoms with E-state index in [4.69, 9.17) is 24.0 Å². The molecular weight excluding hydrogens is 801 g/mol.